The van der Waals surface area contributed by atoms with E-state index in [0.29, 0.717) is 0 Å². The van der Waals surface area contributed by atoms with Crippen LogP contribution in [-0.4, -0.2) is 13.1 Å². The van der Waals surface area contributed by atoms with Crippen molar-refractivity contribution < 1.29 is 22.7 Å². The first-order valence-corrected chi connectivity index (χ1v) is 5.37. The van der Waals surface area contributed by atoms with Crippen LogP contribution in [0.15, 0.2) is 36.4 Å². The van der Waals surface area contributed by atoms with Gasteiger partial charge in [0.25, 0.3) is 0 Å². The fraction of sp³-hybridized carbons (Fsp3) is 0.0714. The predicted molar refractivity (Wildman–Crippen MR) is 63.1 cm³/mol. The molecule has 0 spiro atoms. The van der Waals surface area contributed by atoms with Gasteiger partial charge in [-0.25, -0.2) is 18.0 Å². The zero-order valence-electron chi connectivity index (χ0n) is 9.91. The molecular formula is C14H9F3O2. The van der Waals surface area contributed by atoms with E-state index in [1.807, 2.05) is 0 Å². The fourth-order valence-electron chi connectivity index (χ4n) is 1.69. The highest BCUT2D eigenvalue weighted by Crippen LogP contribution is 2.27. The van der Waals surface area contributed by atoms with Crippen LogP contribution in [0.3, 0.4) is 0 Å². The minimum atomic E-state index is -1.13. The molecule has 0 saturated carbocycles. The van der Waals surface area contributed by atoms with Gasteiger partial charge in [0.1, 0.15) is 5.82 Å². The number of benzene rings is 2. The average Bonchev–Trinajstić information content (AvgIpc) is 2.41. The molecule has 2 aromatic rings. The number of halogens is 3. The van der Waals surface area contributed by atoms with Gasteiger partial charge in [0.15, 0.2) is 11.6 Å². The third kappa shape index (κ3) is 2.45. The summed E-state index contributed by atoms with van der Waals surface area (Å²) in [6.45, 7) is 0. The van der Waals surface area contributed by atoms with Gasteiger partial charge in [-0.3, -0.25) is 0 Å². The van der Waals surface area contributed by atoms with Crippen molar-refractivity contribution in [2.24, 2.45) is 0 Å². The Labute approximate surface area is 107 Å². The molecule has 0 aliphatic carbocycles. The molecule has 0 N–H and O–H groups in total. The van der Waals surface area contributed by atoms with Crippen molar-refractivity contribution >= 4 is 5.97 Å². The van der Waals surface area contributed by atoms with E-state index in [4.69, 9.17) is 0 Å². The van der Waals surface area contributed by atoms with Gasteiger partial charge in [-0.1, -0.05) is 18.2 Å². The fourth-order valence-corrected chi connectivity index (χ4v) is 1.69. The maximum absolute atomic E-state index is 13.8. The van der Waals surface area contributed by atoms with Crippen LogP contribution in [0.4, 0.5) is 13.2 Å². The zero-order valence-corrected chi connectivity index (χ0v) is 9.91. The van der Waals surface area contributed by atoms with Crippen LogP contribution in [-0.2, 0) is 4.74 Å². The molecule has 0 unspecified atom stereocenters. The molecule has 0 fully saturated rings. The maximum Gasteiger partial charge on any atom is 0.337 e. The molecule has 2 nitrogen and oxygen atoms in total. The Bertz CT molecular complexity index is 639. The molecule has 0 aromatic heterocycles. The van der Waals surface area contributed by atoms with E-state index in [9.17, 15) is 18.0 Å². The van der Waals surface area contributed by atoms with E-state index in [-0.39, 0.29) is 16.7 Å². The van der Waals surface area contributed by atoms with Crippen LogP contribution in [0.1, 0.15) is 10.4 Å². The molecular weight excluding hydrogens is 257 g/mol. The number of ether oxygens (including phenoxy) is 1. The Hall–Kier alpha value is -2.30. The Kier molecular flexibility index (Phi) is 3.55. The highest BCUT2D eigenvalue weighted by Gasteiger charge is 2.15. The molecule has 98 valence electrons. The van der Waals surface area contributed by atoms with E-state index in [1.165, 1.54) is 31.4 Å². The number of hydrogen-bond acceptors (Lipinski definition) is 2. The lowest BCUT2D eigenvalue weighted by atomic mass is 10.0. The van der Waals surface area contributed by atoms with E-state index in [0.717, 1.165) is 12.1 Å². The van der Waals surface area contributed by atoms with Crippen LogP contribution in [0, 0.1) is 17.5 Å². The van der Waals surface area contributed by atoms with E-state index in [2.05, 4.69) is 4.74 Å². The smallest absolute Gasteiger partial charge is 0.337 e. The quantitative estimate of drug-likeness (QED) is 0.777. The van der Waals surface area contributed by atoms with Gasteiger partial charge >= 0.3 is 5.97 Å². The molecule has 0 radical (unpaired) electrons. The summed E-state index contributed by atoms with van der Waals surface area (Å²) in [6, 6.07) is 6.90. The Morgan fingerprint density at radius 3 is 2.37 bits per heavy atom. The Morgan fingerprint density at radius 1 is 1.00 bits per heavy atom. The number of methoxy groups -OCH3 is 1. The number of hydrogen-bond donors (Lipinski definition) is 0. The topological polar surface area (TPSA) is 26.3 Å². The Balaban J connectivity index is 2.52. The number of carbonyl (C=O) groups excluding carboxylic acids is 1. The second kappa shape index (κ2) is 5.14. The summed E-state index contributed by atoms with van der Waals surface area (Å²) in [7, 11) is 1.17. The van der Waals surface area contributed by atoms with Crippen molar-refractivity contribution in [3.05, 3.63) is 59.4 Å². The minimum absolute atomic E-state index is 0.000520. The number of esters is 1. The van der Waals surface area contributed by atoms with Crippen LogP contribution < -0.4 is 0 Å². The molecule has 19 heavy (non-hydrogen) atoms. The summed E-state index contributed by atoms with van der Waals surface area (Å²) in [5.41, 5.74) is -0.320. The monoisotopic (exact) mass is 266 g/mol. The molecule has 2 aromatic carbocycles. The maximum atomic E-state index is 13.8. The van der Waals surface area contributed by atoms with Crippen molar-refractivity contribution in [2.75, 3.05) is 7.11 Å². The highest BCUT2D eigenvalue weighted by molar-refractivity contribution is 5.90. The van der Waals surface area contributed by atoms with Crippen molar-refractivity contribution in [3.8, 4) is 11.1 Å². The third-order valence-electron chi connectivity index (χ3n) is 2.63. The first-order chi connectivity index (χ1) is 9.04. The van der Waals surface area contributed by atoms with Gasteiger partial charge in [0.2, 0.25) is 0 Å². The second-order valence-electron chi connectivity index (χ2n) is 3.79. The molecule has 0 heterocycles. The van der Waals surface area contributed by atoms with Gasteiger partial charge in [-0.2, -0.15) is 0 Å². The van der Waals surface area contributed by atoms with Crippen molar-refractivity contribution in [1.82, 2.24) is 0 Å². The lowest BCUT2D eigenvalue weighted by Gasteiger charge is -2.07. The van der Waals surface area contributed by atoms with Crippen molar-refractivity contribution in [2.45, 2.75) is 0 Å². The van der Waals surface area contributed by atoms with E-state index < -0.39 is 23.4 Å². The highest BCUT2D eigenvalue weighted by atomic mass is 19.2. The van der Waals surface area contributed by atoms with Gasteiger partial charge in [0.05, 0.1) is 12.7 Å². The third-order valence-corrected chi connectivity index (χ3v) is 2.63. The molecule has 0 bridgehead atoms. The van der Waals surface area contributed by atoms with E-state index in [1.54, 1.807) is 0 Å². The zero-order chi connectivity index (χ0) is 14.0. The van der Waals surface area contributed by atoms with Gasteiger partial charge in [0, 0.05) is 11.1 Å². The average molecular weight is 266 g/mol. The number of carbonyl (C=O) groups is 1. The lowest BCUT2D eigenvalue weighted by Crippen LogP contribution is -2.02. The summed E-state index contributed by atoms with van der Waals surface area (Å²) in [6.07, 6.45) is 0. The molecule has 0 aliphatic rings. The largest absolute Gasteiger partial charge is 0.465 e. The molecule has 5 heteroatoms. The predicted octanol–water partition coefficient (Wildman–Crippen LogP) is 3.56. The van der Waals surface area contributed by atoms with Crippen molar-refractivity contribution in [1.29, 1.82) is 0 Å². The first-order valence-electron chi connectivity index (χ1n) is 5.37. The molecule has 0 saturated heterocycles. The SMILES string of the molecule is COC(=O)c1ccc(-c2cccc(F)c2F)c(F)c1. The van der Waals surface area contributed by atoms with Crippen molar-refractivity contribution in [3.63, 3.8) is 0 Å². The van der Waals surface area contributed by atoms with Gasteiger partial charge in [-0.15, -0.1) is 0 Å². The molecule has 0 atom stereocenters. The van der Waals surface area contributed by atoms with Crippen LogP contribution in [0.2, 0.25) is 0 Å². The molecule has 2 rings (SSSR count). The Morgan fingerprint density at radius 2 is 1.74 bits per heavy atom. The van der Waals surface area contributed by atoms with Crippen LogP contribution >= 0.6 is 0 Å². The summed E-state index contributed by atoms with van der Waals surface area (Å²) in [5.74, 6) is -3.72. The van der Waals surface area contributed by atoms with Crippen LogP contribution in [0.5, 0.6) is 0 Å². The van der Waals surface area contributed by atoms with Crippen LogP contribution in [0.25, 0.3) is 11.1 Å². The summed E-state index contributed by atoms with van der Waals surface area (Å²) in [5, 5.41) is 0. The summed E-state index contributed by atoms with van der Waals surface area (Å²) < 4.78 is 44.9. The minimum Gasteiger partial charge on any atom is -0.465 e. The first kappa shape index (κ1) is 13.1. The lowest BCUT2D eigenvalue weighted by molar-refractivity contribution is 0.0600. The standard InChI is InChI=1S/C14H9F3O2/c1-19-14(18)8-5-6-9(12(16)7-8)10-3-2-4-11(15)13(10)17/h2-7H,1H3. The summed E-state index contributed by atoms with van der Waals surface area (Å²) in [4.78, 5) is 11.2. The van der Waals surface area contributed by atoms with Gasteiger partial charge in [-0.05, 0) is 18.2 Å². The normalized spacial score (nSPS) is 10.3. The second-order valence-corrected chi connectivity index (χ2v) is 3.79. The molecule has 0 aliphatic heterocycles. The van der Waals surface area contributed by atoms with E-state index >= 15 is 0 Å². The van der Waals surface area contributed by atoms with Gasteiger partial charge < -0.3 is 4.74 Å². The summed E-state index contributed by atoms with van der Waals surface area (Å²) >= 11 is 0. The number of rotatable bonds is 2. The molecule has 0 amide bonds.